The zero-order valence-corrected chi connectivity index (χ0v) is 14.3. The minimum atomic E-state index is -0.0863. The van der Waals surface area contributed by atoms with Gasteiger partial charge in [0.15, 0.2) is 5.82 Å². The first-order valence-electron chi connectivity index (χ1n) is 8.11. The van der Waals surface area contributed by atoms with Crippen molar-refractivity contribution >= 4 is 28.5 Å². The van der Waals surface area contributed by atoms with Gasteiger partial charge < -0.3 is 9.88 Å². The Hall–Kier alpha value is -2.33. The van der Waals surface area contributed by atoms with Crippen molar-refractivity contribution in [2.24, 2.45) is 0 Å². The van der Waals surface area contributed by atoms with Crippen molar-refractivity contribution in [1.29, 1.82) is 0 Å². The standard InChI is InChI=1S/C19H18ClN3O/c1-11-10-13-6-3-4-7-14(13)12(2)23(11)19(24)18-21-16-9-5-8-15(20)17(16)22-18/h3-9,11-12H,10H2,1-2H3,(H,21,22)/t11-,12+/m1/s1. The fourth-order valence-electron chi connectivity index (χ4n) is 3.67. The number of nitrogens with one attached hydrogen (secondary N) is 1. The van der Waals surface area contributed by atoms with Gasteiger partial charge in [-0.05, 0) is 43.5 Å². The van der Waals surface area contributed by atoms with E-state index in [0.29, 0.717) is 16.4 Å². The number of nitrogens with zero attached hydrogens (tertiary/aromatic N) is 2. The summed E-state index contributed by atoms with van der Waals surface area (Å²) in [6.45, 7) is 4.15. The summed E-state index contributed by atoms with van der Waals surface area (Å²) in [6, 6.07) is 14.0. The normalized spacial score (nSPS) is 20.2. The Balaban J connectivity index is 1.74. The predicted molar refractivity (Wildman–Crippen MR) is 95.3 cm³/mol. The number of hydrogen-bond acceptors (Lipinski definition) is 2. The van der Waals surface area contributed by atoms with Crippen molar-refractivity contribution < 1.29 is 4.79 Å². The molecule has 0 radical (unpaired) electrons. The second-order valence-corrected chi connectivity index (χ2v) is 6.77. The summed E-state index contributed by atoms with van der Waals surface area (Å²) in [4.78, 5) is 22.6. The lowest BCUT2D eigenvalue weighted by atomic mass is 9.89. The molecule has 0 bridgehead atoms. The molecule has 2 atom stereocenters. The van der Waals surface area contributed by atoms with E-state index in [0.717, 1.165) is 11.9 Å². The Kier molecular flexibility index (Phi) is 3.57. The first-order valence-corrected chi connectivity index (χ1v) is 8.48. The van der Waals surface area contributed by atoms with E-state index in [2.05, 4.69) is 42.0 Å². The number of H-pyrrole nitrogens is 1. The molecule has 3 aromatic rings. The zero-order valence-electron chi connectivity index (χ0n) is 13.6. The number of hydrogen-bond donors (Lipinski definition) is 1. The molecule has 1 aliphatic heterocycles. The lowest BCUT2D eigenvalue weighted by molar-refractivity contribution is 0.0569. The van der Waals surface area contributed by atoms with Gasteiger partial charge in [-0.15, -0.1) is 0 Å². The number of imidazole rings is 1. The summed E-state index contributed by atoms with van der Waals surface area (Å²) in [5.41, 5.74) is 3.94. The van der Waals surface area contributed by atoms with Gasteiger partial charge in [-0.25, -0.2) is 4.98 Å². The minimum absolute atomic E-state index is 0.0149. The smallest absolute Gasteiger partial charge is 0.290 e. The van der Waals surface area contributed by atoms with Gasteiger partial charge >= 0.3 is 0 Å². The first kappa shape index (κ1) is 15.2. The Morgan fingerprint density at radius 3 is 2.79 bits per heavy atom. The van der Waals surface area contributed by atoms with Gasteiger partial charge in [0.05, 0.1) is 16.6 Å². The number of amides is 1. The summed E-state index contributed by atoms with van der Waals surface area (Å²) in [6.07, 6.45) is 0.854. The summed E-state index contributed by atoms with van der Waals surface area (Å²) in [7, 11) is 0. The molecular formula is C19H18ClN3O. The van der Waals surface area contributed by atoms with Crippen LogP contribution in [0, 0.1) is 0 Å². The van der Waals surface area contributed by atoms with Crippen LogP contribution < -0.4 is 0 Å². The third-order valence-electron chi connectivity index (χ3n) is 4.81. The van der Waals surface area contributed by atoms with Crippen molar-refractivity contribution in [1.82, 2.24) is 14.9 Å². The number of benzene rings is 2. The maximum absolute atomic E-state index is 13.1. The number of carbonyl (C=O) groups is 1. The van der Waals surface area contributed by atoms with E-state index in [1.165, 1.54) is 11.1 Å². The van der Waals surface area contributed by atoms with Gasteiger partial charge in [0.2, 0.25) is 0 Å². The monoisotopic (exact) mass is 339 g/mol. The van der Waals surface area contributed by atoms with E-state index in [-0.39, 0.29) is 18.0 Å². The molecule has 24 heavy (non-hydrogen) atoms. The van der Waals surface area contributed by atoms with Crippen LogP contribution in [0.15, 0.2) is 42.5 Å². The van der Waals surface area contributed by atoms with Crippen LogP contribution in [0.1, 0.15) is 41.6 Å². The number of carbonyl (C=O) groups excluding carboxylic acids is 1. The maximum Gasteiger partial charge on any atom is 0.290 e. The van der Waals surface area contributed by atoms with Crippen LogP contribution >= 0.6 is 11.6 Å². The second-order valence-electron chi connectivity index (χ2n) is 6.36. The van der Waals surface area contributed by atoms with Crippen LogP contribution in [0.3, 0.4) is 0 Å². The first-order chi connectivity index (χ1) is 11.6. The van der Waals surface area contributed by atoms with E-state index in [4.69, 9.17) is 11.6 Å². The highest BCUT2D eigenvalue weighted by atomic mass is 35.5. The highest BCUT2D eigenvalue weighted by molar-refractivity contribution is 6.35. The van der Waals surface area contributed by atoms with Gasteiger partial charge in [0.25, 0.3) is 5.91 Å². The summed E-state index contributed by atoms with van der Waals surface area (Å²) in [5.74, 6) is 0.257. The average Bonchev–Trinajstić information content (AvgIpc) is 3.00. The van der Waals surface area contributed by atoms with E-state index < -0.39 is 0 Å². The predicted octanol–water partition coefficient (Wildman–Crippen LogP) is 4.36. The molecule has 0 saturated carbocycles. The molecule has 1 aromatic heterocycles. The number of aromatic amines is 1. The van der Waals surface area contributed by atoms with E-state index in [1.807, 2.05) is 23.1 Å². The van der Waals surface area contributed by atoms with Crippen molar-refractivity contribution in [2.45, 2.75) is 32.4 Å². The van der Waals surface area contributed by atoms with Crippen molar-refractivity contribution in [3.05, 3.63) is 64.4 Å². The van der Waals surface area contributed by atoms with Crippen molar-refractivity contribution in [3.8, 4) is 0 Å². The highest BCUT2D eigenvalue weighted by Gasteiger charge is 2.34. The molecule has 2 aromatic carbocycles. The highest BCUT2D eigenvalue weighted by Crippen LogP contribution is 2.34. The molecule has 0 aliphatic carbocycles. The Bertz CT molecular complexity index is 933. The lowest BCUT2D eigenvalue weighted by Crippen LogP contribution is -2.45. The van der Waals surface area contributed by atoms with E-state index in [1.54, 1.807) is 6.07 Å². The molecule has 2 heterocycles. The van der Waals surface area contributed by atoms with Gasteiger partial charge in [-0.2, -0.15) is 0 Å². The number of aromatic nitrogens is 2. The van der Waals surface area contributed by atoms with Crippen LogP contribution in [0.2, 0.25) is 5.02 Å². The average molecular weight is 340 g/mol. The van der Waals surface area contributed by atoms with Crippen molar-refractivity contribution in [2.75, 3.05) is 0 Å². The van der Waals surface area contributed by atoms with Crippen LogP contribution in [-0.2, 0) is 6.42 Å². The van der Waals surface area contributed by atoms with Crippen molar-refractivity contribution in [3.63, 3.8) is 0 Å². The molecule has 4 nitrogen and oxygen atoms in total. The molecule has 4 rings (SSSR count). The zero-order chi connectivity index (χ0) is 16.8. The van der Waals surface area contributed by atoms with Crippen LogP contribution in [0.5, 0.6) is 0 Å². The largest absolute Gasteiger partial charge is 0.334 e. The fraction of sp³-hybridized carbons (Fsp3) is 0.263. The topological polar surface area (TPSA) is 49.0 Å². The van der Waals surface area contributed by atoms with Crippen LogP contribution in [0.25, 0.3) is 11.0 Å². The number of fused-ring (bicyclic) bond motifs is 2. The molecule has 0 saturated heterocycles. The molecule has 0 fully saturated rings. The third-order valence-corrected chi connectivity index (χ3v) is 5.12. The molecule has 1 aliphatic rings. The Morgan fingerprint density at radius 2 is 2.00 bits per heavy atom. The molecular weight excluding hydrogens is 322 g/mol. The lowest BCUT2D eigenvalue weighted by Gasteiger charge is -2.39. The molecule has 0 spiro atoms. The molecule has 122 valence electrons. The molecule has 1 N–H and O–H groups in total. The van der Waals surface area contributed by atoms with E-state index in [9.17, 15) is 4.79 Å². The second kappa shape index (κ2) is 5.64. The number of para-hydroxylation sites is 1. The Morgan fingerprint density at radius 1 is 1.21 bits per heavy atom. The Labute approximate surface area is 145 Å². The van der Waals surface area contributed by atoms with Gasteiger partial charge in [0, 0.05) is 6.04 Å². The maximum atomic E-state index is 13.1. The van der Waals surface area contributed by atoms with Gasteiger partial charge in [-0.3, -0.25) is 4.79 Å². The van der Waals surface area contributed by atoms with Crippen LogP contribution in [0.4, 0.5) is 0 Å². The number of halogens is 1. The quantitative estimate of drug-likeness (QED) is 0.716. The summed E-state index contributed by atoms with van der Waals surface area (Å²) in [5, 5.41) is 0.549. The molecule has 5 heteroatoms. The van der Waals surface area contributed by atoms with Gasteiger partial charge in [-0.1, -0.05) is 41.9 Å². The fourth-order valence-corrected chi connectivity index (χ4v) is 3.89. The molecule has 1 amide bonds. The minimum Gasteiger partial charge on any atom is -0.334 e. The summed E-state index contributed by atoms with van der Waals surface area (Å²) >= 11 is 6.18. The molecule has 0 unspecified atom stereocenters. The number of rotatable bonds is 1. The van der Waals surface area contributed by atoms with Crippen LogP contribution in [-0.4, -0.2) is 26.8 Å². The van der Waals surface area contributed by atoms with Gasteiger partial charge in [0.1, 0.15) is 5.52 Å². The summed E-state index contributed by atoms with van der Waals surface area (Å²) < 4.78 is 0. The SMILES string of the molecule is C[C@@H]1Cc2ccccc2[C@H](C)N1C(=O)c1nc2c(Cl)cccc2[nH]1. The van der Waals surface area contributed by atoms with E-state index >= 15 is 0 Å². The third kappa shape index (κ3) is 2.29.